The molecule has 1 aliphatic heterocycles. The van der Waals surface area contributed by atoms with E-state index in [9.17, 15) is 30.4 Å². The predicted octanol–water partition coefficient (Wildman–Crippen LogP) is 4.70. The molecule has 332 valence electrons. The Hall–Kier alpha value is -4.21. The number of aliphatic hydroxyl groups is 1. The van der Waals surface area contributed by atoms with E-state index in [0.29, 0.717) is 48.8 Å². The lowest BCUT2D eigenvalue weighted by atomic mass is 9.86. The maximum atomic E-state index is 13.2. The fourth-order valence-electron chi connectivity index (χ4n) is 9.25. The Morgan fingerprint density at radius 1 is 0.738 bits per heavy atom. The predicted molar refractivity (Wildman–Crippen MR) is 235 cm³/mol. The second-order valence-corrected chi connectivity index (χ2v) is 22.5. The SMILES string of the molecule is C[C@H]1CN(S(=O)(=O)CC2CCC(N(C)c3ncnc4[nH]ccc34)CC2)C[C@@H]1CO.Cc1ccc(S(=O)(=O)n2ccc3c(N(C)C4CCC(CS(=O)(=O)O)CC4)ncnc32)cc1. The zero-order valence-corrected chi connectivity index (χ0v) is 37.5. The van der Waals surface area contributed by atoms with Crippen molar-refractivity contribution >= 4 is 63.9 Å². The number of hydrogen-bond acceptors (Lipinski definition) is 13. The summed E-state index contributed by atoms with van der Waals surface area (Å²) >= 11 is 0. The van der Waals surface area contributed by atoms with Crippen molar-refractivity contribution in [2.45, 2.75) is 82.2 Å². The molecule has 17 nitrogen and oxygen atoms in total. The topological polar surface area (TPSA) is 225 Å². The van der Waals surface area contributed by atoms with Gasteiger partial charge in [0.2, 0.25) is 10.0 Å². The van der Waals surface area contributed by atoms with Crippen LogP contribution in [0.3, 0.4) is 0 Å². The van der Waals surface area contributed by atoms with E-state index in [0.717, 1.165) is 60.9 Å². The van der Waals surface area contributed by atoms with Crippen molar-refractivity contribution in [3.05, 3.63) is 67.0 Å². The van der Waals surface area contributed by atoms with Gasteiger partial charge in [-0.1, -0.05) is 24.6 Å². The molecule has 5 heterocycles. The molecule has 20 heteroatoms. The normalized spacial score (nSPS) is 24.1. The van der Waals surface area contributed by atoms with E-state index in [1.54, 1.807) is 41.0 Å². The van der Waals surface area contributed by atoms with Crippen LogP contribution in [0.5, 0.6) is 0 Å². The highest BCUT2D eigenvalue weighted by Crippen LogP contribution is 2.35. The van der Waals surface area contributed by atoms with Gasteiger partial charge in [-0.25, -0.2) is 45.0 Å². The van der Waals surface area contributed by atoms with Crippen LogP contribution in [0.4, 0.5) is 11.6 Å². The van der Waals surface area contributed by atoms with Crippen LogP contribution in [0.1, 0.15) is 63.9 Å². The molecule has 0 bridgehead atoms. The Kier molecular flexibility index (Phi) is 13.4. The van der Waals surface area contributed by atoms with Crippen LogP contribution in [-0.2, 0) is 30.2 Å². The van der Waals surface area contributed by atoms with Crippen LogP contribution >= 0.6 is 0 Å². The highest BCUT2D eigenvalue weighted by atomic mass is 32.2. The number of aromatic nitrogens is 6. The second kappa shape index (κ2) is 18.3. The monoisotopic (exact) mass is 899 g/mol. The van der Waals surface area contributed by atoms with Crippen molar-refractivity contribution < 1.29 is 34.9 Å². The van der Waals surface area contributed by atoms with E-state index in [-0.39, 0.29) is 52.7 Å². The number of nitrogens with one attached hydrogen (secondary N) is 1. The highest BCUT2D eigenvalue weighted by Gasteiger charge is 2.38. The first-order chi connectivity index (χ1) is 28.9. The van der Waals surface area contributed by atoms with Gasteiger partial charge in [-0.3, -0.25) is 4.55 Å². The van der Waals surface area contributed by atoms with Gasteiger partial charge < -0.3 is 19.9 Å². The fraction of sp³-hybridized carbons (Fsp3) is 0.561. The van der Waals surface area contributed by atoms with Crippen molar-refractivity contribution in [2.75, 3.05) is 55.1 Å². The average molecular weight is 900 g/mol. The lowest BCUT2D eigenvalue weighted by molar-refractivity contribution is 0.210. The van der Waals surface area contributed by atoms with E-state index in [2.05, 4.69) is 36.9 Å². The van der Waals surface area contributed by atoms with Gasteiger partial charge in [-0.15, -0.1) is 0 Å². The quantitative estimate of drug-likeness (QED) is 0.144. The Morgan fingerprint density at radius 3 is 1.89 bits per heavy atom. The number of aliphatic hydroxyl groups excluding tert-OH is 1. The fourth-order valence-corrected chi connectivity index (χ4v) is 13.5. The van der Waals surface area contributed by atoms with Crippen LogP contribution in [0.15, 0.2) is 66.3 Å². The van der Waals surface area contributed by atoms with Crippen molar-refractivity contribution in [1.82, 2.24) is 33.2 Å². The third kappa shape index (κ3) is 10.0. The number of nitrogens with zero attached hydrogens (tertiary/aromatic N) is 8. The van der Waals surface area contributed by atoms with Crippen LogP contribution in [0.25, 0.3) is 22.1 Å². The minimum atomic E-state index is -3.97. The van der Waals surface area contributed by atoms with E-state index < -0.39 is 30.2 Å². The molecule has 2 saturated carbocycles. The first-order valence-corrected chi connectivity index (χ1v) is 25.5. The number of fused-ring (bicyclic) bond motifs is 2. The van der Waals surface area contributed by atoms with Gasteiger partial charge in [0.1, 0.15) is 29.9 Å². The molecular weight excluding hydrogens is 843 g/mol. The first kappa shape index (κ1) is 44.8. The number of aryl methyl sites for hydroxylation is 1. The van der Waals surface area contributed by atoms with Gasteiger partial charge in [-0.05, 0) is 106 Å². The Bertz CT molecular complexity index is 2620. The van der Waals surface area contributed by atoms with E-state index in [1.807, 2.05) is 38.1 Å². The molecule has 8 rings (SSSR count). The van der Waals surface area contributed by atoms with Gasteiger partial charge in [0.25, 0.3) is 20.1 Å². The maximum Gasteiger partial charge on any atom is 0.269 e. The summed E-state index contributed by atoms with van der Waals surface area (Å²) in [6, 6.07) is 10.9. The molecule has 61 heavy (non-hydrogen) atoms. The lowest BCUT2D eigenvalue weighted by Crippen LogP contribution is -2.39. The van der Waals surface area contributed by atoms with Crippen molar-refractivity contribution in [1.29, 1.82) is 0 Å². The summed E-state index contributed by atoms with van der Waals surface area (Å²) in [6.45, 7) is 4.96. The van der Waals surface area contributed by atoms with Crippen molar-refractivity contribution in [2.24, 2.45) is 23.7 Å². The first-order valence-electron chi connectivity index (χ1n) is 20.9. The Labute approximate surface area is 358 Å². The van der Waals surface area contributed by atoms with E-state index in [1.165, 1.54) is 16.5 Å². The standard InChI is InChI=1S/C21H26N4O5S2.C20H31N5O3S/c1-15-3-9-18(10-4-15)32(29,30)25-12-11-19-20(22-14-23-21(19)25)24(2)17-7-5-16(6-8-17)13-31(26,27)28;1-14-9-25(10-16(14)11-26)29(27,28)12-15-3-5-17(6-4-15)24(2)20-18-7-8-21-19(18)22-13-23-20/h3-4,9-12,14,16-17H,5-8,13H2,1-2H3,(H,26,27,28);7-8,13-17,26H,3-6,9-12H2,1-2H3,(H,21,22,23)/t;14-,15?,16+,17?/m.0/s1. The molecule has 0 spiro atoms. The molecule has 5 aromatic rings. The van der Waals surface area contributed by atoms with E-state index >= 15 is 0 Å². The third-order valence-corrected chi connectivity index (χ3v) is 17.5. The average Bonchev–Trinajstić information content (AvgIpc) is 3.99. The van der Waals surface area contributed by atoms with Gasteiger partial charge in [-0.2, -0.15) is 8.42 Å². The molecule has 4 aromatic heterocycles. The number of anilines is 2. The molecule has 0 radical (unpaired) electrons. The number of H-pyrrole nitrogens is 1. The smallest absolute Gasteiger partial charge is 0.269 e. The number of aromatic amines is 1. The number of hydrogen-bond donors (Lipinski definition) is 3. The summed E-state index contributed by atoms with van der Waals surface area (Å²) < 4.78 is 86.3. The second-order valence-electron chi connectivity index (χ2n) is 17.1. The summed E-state index contributed by atoms with van der Waals surface area (Å²) in [5, 5.41) is 11.1. The Morgan fingerprint density at radius 2 is 1.31 bits per heavy atom. The molecule has 3 aliphatic rings. The molecule has 1 aromatic carbocycles. The molecule has 0 unspecified atom stereocenters. The summed E-state index contributed by atoms with van der Waals surface area (Å²) in [4.78, 5) is 24.9. The number of sulfonamides is 1. The molecule has 1 saturated heterocycles. The van der Waals surface area contributed by atoms with Crippen LogP contribution in [0, 0.1) is 30.6 Å². The summed E-state index contributed by atoms with van der Waals surface area (Å²) in [7, 11) is -7.07. The van der Waals surface area contributed by atoms with Crippen LogP contribution in [-0.4, -0.2) is 125 Å². The lowest BCUT2D eigenvalue weighted by Gasteiger charge is -2.35. The third-order valence-electron chi connectivity index (χ3n) is 13.0. The molecule has 2 aliphatic carbocycles. The van der Waals surface area contributed by atoms with Crippen LogP contribution < -0.4 is 9.80 Å². The van der Waals surface area contributed by atoms with Gasteiger partial charge in [0, 0.05) is 58.3 Å². The summed E-state index contributed by atoms with van der Waals surface area (Å²) in [5.74, 6) is 2.00. The molecule has 3 N–H and O–H groups in total. The molecule has 2 atom stereocenters. The highest BCUT2D eigenvalue weighted by molar-refractivity contribution is 7.90. The molecule has 3 fully saturated rings. The minimum absolute atomic E-state index is 0.0548. The van der Waals surface area contributed by atoms with E-state index in [4.69, 9.17) is 4.55 Å². The van der Waals surface area contributed by atoms with Crippen LogP contribution in [0.2, 0.25) is 0 Å². The van der Waals surface area contributed by atoms with Crippen molar-refractivity contribution in [3.8, 4) is 0 Å². The van der Waals surface area contributed by atoms with Crippen molar-refractivity contribution in [3.63, 3.8) is 0 Å². The Balaban J connectivity index is 0.000000185. The zero-order chi connectivity index (χ0) is 43.7. The number of benzene rings is 1. The minimum Gasteiger partial charge on any atom is -0.396 e. The van der Waals surface area contributed by atoms with Gasteiger partial charge >= 0.3 is 0 Å². The van der Waals surface area contributed by atoms with Gasteiger partial charge in [0.15, 0.2) is 5.65 Å². The van der Waals surface area contributed by atoms with Gasteiger partial charge in [0.05, 0.1) is 27.2 Å². The molecule has 0 amide bonds. The maximum absolute atomic E-state index is 13.2. The largest absolute Gasteiger partial charge is 0.396 e. The molecular formula is C41H57N9O8S3. The summed E-state index contributed by atoms with van der Waals surface area (Å²) in [5.41, 5.74) is 2.11. The number of rotatable bonds is 12. The summed E-state index contributed by atoms with van der Waals surface area (Å²) in [6.07, 6.45) is 12.9. The zero-order valence-electron chi connectivity index (χ0n) is 35.1.